The van der Waals surface area contributed by atoms with E-state index in [-0.39, 0.29) is 0 Å². The lowest BCUT2D eigenvalue weighted by Crippen LogP contribution is -2.24. The molecule has 2 heterocycles. The summed E-state index contributed by atoms with van der Waals surface area (Å²) in [5, 5.41) is 7.42. The van der Waals surface area contributed by atoms with Crippen LogP contribution in [0.3, 0.4) is 0 Å². The third kappa shape index (κ3) is 2.90. The van der Waals surface area contributed by atoms with Gasteiger partial charge in [-0.1, -0.05) is 12.1 Å². The molecule has 1 aromatic rings. The number of rotatable bonds is 6. The molecule has 5 heteroatoms. The highest BCUT2D eigenvalue weighted by molar-refractivity contribution is 4.99. The first-order valence-electron chi connectivity index (χ1n) is 6.77. The number of aryl methyl sites for hydroxylation is 1. The predicted octanol–water partition coefficient (Wildman–Crippen LogP) is 1.88. The first-order chi connectivity index (χ1) is 8.68. The summed E-state index contributed by atoms with van der Waals surface area (Å²) in [6.07, 6.45) is 4.06. The number of nitrogens with zero attached hydrogens (tertiary/aromatic N) is 2. The maximum Gasteiger partial charge on any atom is 0.226 e. The smallest absolute Gasteiger partial charge is 0.226 e. The Balaban J connectivity index is 1.93. The third-order valence-corrected chi connectivity index (χ3v) is 4.00. The monoisotopic (exact) mass is 253 g/mol. The molecule has 0 aliphatic carbocycles. The second-order valence-corrected chi connectivity index (χ2v) is 5.20. The normalized spacial score (nSPS) is 23.2. The fourth-order valence-electron chi connectivity index (χ4n) is 2.25. The van der Waals surface area contributed by atoms with Gasteiger partial charge in [-0.25, -0.2) is 0 Å². The van der Waals surface area contributed by atoms with E-state index >= 15 is 0 Å². The van der Waals surface area contributed by atoms with Crippen LogP contribution in [0.15, 0.2) is 4.52 Å². The Morgan fingerprint density at radius 1 is 1.56 bits per heavy atom. The molecule has 1 saturated heterocycles. The van der Waals surface area contributed by atoms with Gasteiger partial charge in [-0.3, -0.25) is 0 Å². The third-order valence-electron chi connectivity index (χ3n) is 4.00. The molecule has 2 unspecified atom stereocenters. The van der Waals surface area contributed by atoms with E-state index in [1.54, 1.807) is 7.11 Å². The fourth-order valence-corrected chi connectivity index (χ4v) is 2.25. The lowest BCUT2D eigenvalue weighted by Gasteiger charge is -2.21. The van der Waals surface area contributed by atoms with Crippen LogP contribution in [0.2, 0.25) is 0 Å². The van der Waals surface area contributed by atoms with Crippen molar-refractivity contribution in [3.63, 3.8) is 0 Å². The molecule has 0 spiro atoms. The standard InChI is InChI=1S/C13H23N3O2/c1-4-13(2,17-3)12-15-11(18-16-12)6-5-10-7-8-14-9-10/h10,14H,4-9H2,1-3H3. The van der Waals surface area contributed by atoms with Crippen molar-refractivity contribution >= 4 is 0 Å². The Labute approximate surface area is 108 Å². The second kappa shape index (κ2) is 5.80. The minimum Gasteiger partial charge on any atom is -0.370 e. The van der Waals surface area contributed by atoms with Crippen molar-refractivity contribution in [3.05, 3.63) is 11.7 Å². The van der Waals surface area contributed by atoms with Crippen LogP contribution < -0.4 is 5.32 Å². The van der Waals surface area contributed by atoms with Crippen molar-refractivity contribution in [3.8, 4) is 0 Å². The summed E-state index contributed by atoms with van der Waals surface area (Å²) in [5.74, 6) is 2.14. The van der Waals surface area contributed by atoms with Gasteiger partial charge in [-0.15, -0.1) is 0 Å². The van der Waals surface area contributed by atoms with E-state index in [2.05, 4.69) is 22.4 Å². The van der Waals surface area contributed by atoms with Gasteiger partial charge in [-0.05, 0) is 45.2 Å². The quantitative estimate of drug-likeness (QED) is 0.839. The molecule has 5 nitrogen and oxygen atoms in total. The highest BCUT2D eigenvalue weighted by Crippen LogP contribution is 2.26. The van der Waals surface area contributed by atoms with Gasteiger partial charge in [0.2, 0.25) is 11.7 Å². The lowest BCUT2D eigenvalue weighted by atomic mass is 10.0. The highest BCUT2D eigenvalue weighted by atomic mass is 16.5. The zero-order chi connectivity index (χ0) is 13.0. The number of hydrogen-bond donors (Lipinski definition) is 1. The average molecular weight is 253 g/mol. The predicted molar refractivity (Wildman–Crippen MR) is 68.2 cm³/mol. The Bertz CT molecular complexity index is 368. The molecule has 1 aliphatic rings. The van der Waals surface area contributed by atoms with Crippen molar-refractivity contribution in [1.29, 1.82) is 0 Å². The molecule has 0 aromatic carbocycles. The molecule has 1 fully saturated rings. The van der Waals surface area contributed by atoms with Crippen molar-refractivity contribution in [1.82, 2.24) is 15.5 Å². The Morgan fingerprint density at radius 2 is 2.39 bits per heavy atom. The van der Waals surface area contributed by atoms with Crippen LogP contribution in [0.4, 0.5) is 0 Å². The number of aromatic nitrogens is 2. The molecular weight excluding hydrogens is 230 g/mol. The zero-order valence-corrected chi connectivity index (χ0v) is 11.5. The topological polar surface area (TPSA) is 60.2 Å². The van der Waals surface area contributed by atoms with Crippen LogP contribution in [0.1, 0.15) is 44.8 Å². The molecule has 0 bridgehead atoms. The van der Waals surface area contributed by atoms with E-state index in [0.29, 0.717) is 5.82 Å². The van der Waals surface area contributed by atoms with E-state index in [9.17, 15) is 0 Å². The lowest BCUT2D eigenvalue weighted by molar-refractivity contribution is -0.0106. The van der Waals surface area contributed by atoms with E-state index in [0.717, 1.165) is 44.2 Å². The Kier molecular flexibility index (Phi) is 4.35. The minimum atomic E-state index is -0.434. The summed E-state index contributed by atoms with van der Waals surface area (Å²) in [6, 6.07) is 0. The zero-order valence-electron chi connectivity index (χ0n) is 11.5. The molecule has 102 valence electrons. The SMILES string of the molecule is CCC(C)(OC)c1noc(CCC2CCNC2)n1. The van der Waals surface area contributed by atoms with Crippen molar-refractivity contribution in [2.75, 3.05) is 20.2 Å². The Hall–Kier alpha value is -0.940. The van der Waals surface area contributed by atoms with Gasteiger partial charge >= 0.3 is 0 Å². The maximum atomic E-state index is 5.47. The van der Waals surface area contributed by atoms with Gasteiger partial charge < -0.3 is 14.6 Å². The van der Waals surface area contributed by atoms with Crippen molar-refractivity contribution in [2.24, 2.45) is 5.92 Å². The van der Waals surface area contributed by atoms with Gasteiger partial charge in [0.1, 0.15) is 5.60 Å². The van der Waals surface area contributed by atoms with Crippen LogP contribution in [-0.4, -0.2) is 30.3 Å². The van der Waals surface area contributed by atoms with Crippen LogP contribution in [0, 0.1) is 5.92 Å². The fraction of sp³-hybridized carbons (Fsp3) is 0.846. The molecule has 1 aromatic heterocycles. The van der Waals surface area contributed by atoms with Gasteiger partial charge in [-0.2, -0.15) is 4.98 Å². The number of nitrogens with one attached hydrogen (secondary N) is 1. The van der Waals surface area contributed by atoms with Gasteiger partial charge in [0.05, 0.1) is 0 Å². The van der Waals surface area contributed by atoms with Crippen LogP contribution in [-0.2, 0) is 16.8 Å². The largest absolute Gasteiger partial charge is 0.370 e. The molecule has 2 rings (SSSR count). The highest BCUT2D eigenvalue weighted by Gasteiger charge is 2.30. The first-order valence-corrected chi connectivity index (χ1v) is 6.77. The van der Waals surface area contributed by atoms with Crippen molar-refractivity contribution in [2.45, 2.75) is 45.1 Å². The van der Waals surface area contributed by atoms with Crippen LogP contribution in [0.5, 0.6) is 0 Å². The van der Waals surface area contributed by atoms with Crippen molar-refractivity contribution < 1.29 is 9.26 Å². The van der Waals surface area contributed by atoms with Crippen LogP contribution >= 0.6 is 0 Å². The van der Waals surface area contributed by atoms with Crippen LogP contribution in [0.25, 0.3) is 0 Å². The number of hydrogen-bond acceptors (Lipinski definition) is 5. The number of ether oxygens (including phenoxy) is 1. The molecule has 0 amide bonds. The number of methoxy groups -OCH3 is 1. The van der Waals surface area contributed by atoms with Gasteiger partial charge in [0.25, 0.3) is 0 Å². The molecule has 0 radical (unpaired) electrons. The summed E-state index contributed by atoms with van der Waals surface area (Å²) in [4.78, 5) is 4.46. The molecule has 1 aliphatic heterocycles. The first kappa shape index (κ1) is 13.5. The summed E-state index contributed by atoms with van der Waals surface area (Å²) < 4.78 is 10.8. The summed E-state index contributed by atoms with van der Waals surface area (Å²) in [6.45, 7) is 6.30. The van der Waals surface area contributed by atoms with E-state index < -0.39 is 5.60 Å². The van der Waals surface area contributed by atoms with Gasteiger partial charge in [0, 0.05) is 13.5 Å². The Morgan fingerprint density at radius 3 is 3.00 bits per heavy atom. The minimum absolute atomic E-state index is 0.434. The summed E-state index contributed by atoms with van der Waals surface area (Å²) in [7, 11) is 1.68. The summed E-state index contributed by atoms with van der Waals surface area (Å²) in [5.41, 5.74) is -0.434. The molecule has 18 heavy (non-hydrogen) atoms. The summed E-state index contributed by atoms with van der Waals surface area (Å²) >= 11 is 0. The van der Waals surface area contributed by atoms with Gasteiger partial charge in [0.15, 0.2) is 0 Å². The van der Waals surface area contributed by atoms with E-state index in [1.807, 2.05) is 6.92 Å². The maximum absolute atomic E-state index is 5.47. The molecule has 1 N–H and O–H groups in total. The molecule has 0 saturated carbocycles. The van der Waals surface area contributed by atoms with E-state index in [4.69, 9.17) is 9.26 Å². The second-order valence-electron chi connectivity index (χ2n) is 5.20. The van der Waals surface area contributed by atoms with E-state index in [1.165, 1.54) is 6.42 Å². The average Bonchev–Trinajstić information content (AvgIpc) is 3.06. The molecular formula is C13H23N3O2. The molecule has 2 atom stereocenters.